The number of morpholine rings is 1. The van der Waals surface area contributed by atoms with Crippen LogP contribution in [0.2, 0.25) is 0 Å². The Labute approximate surface area is 185 Å². The zero-order chi connectivity index (χ0) is 22.4. The minimum Gasteiger partial charge on any atom is -0.378 e. The highest BCUT2D eigenvalue weighted by molar-refractivity contribution is 7.92. The number of aryl methyl sites for hydroxylation is 2. The number of carbonyl (C=O) groups is 1. The summed E-state index contributed by atoms with van der Waals surface area (Å²) in [6.07, 6.45) is 1.87. The topological polar surface area (TPSA) is 79.0 Å². The normalized spacial score (nSPS) is 14.4. The predicted molar refractivity (Wildman–Crippen MR) is 125 cm³/mol. The van der Waals surface area contributed by atoms with E-state index in [0.717, 1.165) is 48.8 Å². The summed E-state index contributed by atoms with van der Waals surface area (Å²) < 4.78 is 31.4. The lowest BCUT2D eigenvalue weighted by atomic mass is 10.1. The molecule has 168 valence electrons. The van der Waals surface area contributed by atoms with Gasteiger partial charge in [-0.15, -0.1) is 0 Å². The second-order valence-corrected chi connectivity index (χ2v) is 9.83. The molecular formula is C23H31N3O4S. The van der Waals surface area contributed by atoms with E-state index >= 15 is 0 Å². The number of anilines is 3. The van der Waals surface area contributed by atoms with E-state index < -0.39 is 10.0 Å². The Morgan fingerprint density at radius 1 is 1.10 bits per heavy atom. The lowest BCUT2D eigenvalue weighted by Gasteiger charge is -2.28. The summed E-state index contributed by atoms with van der Waals surface area (Å²) in [5.74, 6) is -0.131. The van der Waals surface area contributed by atoms with Gasteiger partial charge in [-0.3, -0.25) is 9.10 Å². The molecule has 1 fully saturated rings. The van der Waals surface area contributed by atoms with Crippen molar-refractivity contribution in [3.05, 3.63) is 53.6 Å². The largest absolute Gasteiger partial charge is 0.378 e. The molecule has 1 N–H and O–H groups in total. The van der Waals surface area contributed by atoms with Gasteiger partial charge < -0.3 is 15.0 Å². The maximum absolute atomic E-state index is 12.4. The van der Waals surface area contributed by atoms with Crippen LogP contribution in [0, 0.1) is 13.8 Å². The van der Waals surface area contributed by atoms with E-state index in [1.807, 2.05) is 56.3 Å². The van der Waals surface area contributed by atoms with Crippen LogP contribution in [0.3, 0.4) is 0 Å². The first kappa shape index (κ1) is 23.1. The van der Waals surface area contributed by atoms with Crippen LogP contribution in [0.5, 0.6) is 0 Å². The van der Waals surface area contributed by atoms with Gasteiger partial charge in [0.1, 0.15) is 0 Å². The fourth-order valence-electron chi connectivity index (χ4n) is 3.64. The van der Waals surface area contributed by atoms with Crippen molar-refractivity contribution in [3.8, 4) is 0 Å². The van der Waals surface area contributed by atoms with Crippen molar-refractivity contribution in [1.29, 1.82) is 0 Å². The van der Waals surface area contributed by atoms with E-state index in [0.29, 0.717) is 12.1 Å². The van der Waals surface area contributed by atoms with Crippen molar-refractivity contribution in [2.24, 2.45) is 0 Å². The van der Waals surface area contributed by atoms with E-state index in [2.05, 4.69) is 10.2 Å². The van der Waals surface area contributed by atoms with Gasteiger partial charge in [0.25, 0.3) is 0 Å². The summed E-state index contributed by atoms with van der Waals surface area (Å²) in [7, 11) is -3.44. The first-order valence-corrected chi connectivity index (χ1v) is 12.4. The number of ether oxygens (including phenoxy) is 1. The highest BCUT2D eigenvalue weighted by Gasteiger charge is 2.19. The van der Waals surface area contributed by atoms with E-state index in [1.54, 1.807) is 0 Å². The van der Waals surface area contributed by atoms with Crippen molar-refractivity contribution >= 4 is 33.0 Å². The average Bonchev–Trinajstić information content (AvgIpc) is 2.73. The third kappa shape index (κ3) is 6.45. The Kier molecular flexibility index (Phi) is 7.56. The van der Waals surface area contributed by atoms with Crippen molar-refractivity contribution in [2.75, 3.05) is 53.6 Å². The minimum absolute atomic E-state index is 0.131. The second kappa shape index (κ2) is 10.2. The molecule has 0 spiro atoms. The molecule has 2 aromatic carbocycles. The zero-order valence-corrected chi connectivity index (χ0v) is 19.2. The first-order valence-electron chi connectivity index (χ1n) is 10.5. The number of nitrogens with one attached hydrogen (secondary N) is 1. The summed E-state index contributed by atoms with van der Waals surface area (Å²) in [6.45, 7) is 7.26. The summed E-state index contributed by atoms with van der Waals surface area (Å²) in [5, 5.41) is 2.89. The van der Waals surface area contributed by atoms with E-state index in [1.165, 1.54) is 10.6 Å². The average molecular weight is 446 g/mol. The third-order valence-corrected chi connectivity index (χ3v) is 6.51. The molecule has 0 aliphatic carbocycles. The molecule has 0 bridgehead atoms. The number of hydrogen-bond acceptors (Lipinski definition) is 5. The van der Waals surface area contributed by atoms with E-state index in [4.69, 9.17) is 4.74 Å². The molecule has 1 heterocycles. The summed E-state index contributed by atoms with van der Waals surface area (Å²) in [6, 6.07) is 13.5. The Morgan fingerprint density at radius 2 is 1.77 bits per heavy atom. The maximum atomic E-state index is 12.4. The lowest BCUT2D eigenvalue weighted by Crippen LogP contribution is -2.36. The van der Waals surface area contributed by atoms with Crippen molar-refractivity contribution in [3.63, 3.8) is 0 Å². The first-order chi connectivity index (χ1) is 14.7. The number of rotatable bonds is 8. The minimum atomic E-state index is -3.44. The van der Waals surface area contributed by atoms with Gasteiger partial charge in [0, 0.05) is 37.4 Å². The molecule has 1 aliphatic heterocycles. The standard InChI is InChI=1S/C23H31N3O4S/c1-18-6-7-19(2)22(17-18)26(31(3,28)29)12-4-5-23(27)24-20-8-10-21(11-9-20)25-13-15-30-16-14-25/h6-11,17H,4-5,12-16H2,1-3H3,(H,24,27). The molecule has 3 rings (SSSR count). The SMILES string of the molecule is Cc1ccc(C)c(N(CCCC(=O)Nc2ccc(N3CCOCC3)cc2)S(C)(=O)=O)c1. The summed E-state index contributed by atoms with van der Waals surface area (Å²) in [5.41, 5.74) is 4.39. The number of nitrogens with zero attached hydrogens (tertiary/aromatic N) is 2. The van der Waals surface area contributed by atoms with E-state index in [9.17, 15) is 13.2 Å². The molecule has 0 aromatic heterocycles. The molecule has 0 atom stereocenters. The summed E-state index contributed by atoms with van der Waals surface area (Å²) >= 11 is 0. The fraction of sp³-hybridized carbons (Fsp3) is 0.435. The van der Waals surface area contributed by atoms with Gasteiger partial charge in [0.05, 0.1) is 25.2 Å². The number of benzene rings is 2. The number of amides is 1. The van der Waals surface area contributed by atoms with Gasteiger partial charge in [-0.1, -0.05) is 12.1 Å². The van der Waals surface area contributed by atoms with Crippen LogP contribution in [-0.4, -0.2) is 53.4 Å². The van der Waals surface area contributed by atoms with E-state index in [-0.39, 0.29) is 18.9 Å². The monoisotopic (exact) mass is 445 g/mol. The van der Waals surface area contributed by atoms with Crippen molar-refractivity contribution in [1.82, 2.24) is 0 Å². The molecule has 1 aliphatic rings. The highest BCUT2D eigenvalue weighted by atomic mass is 32.2. The van der Waals surface area contributed by atoms with Gasteiger partial charge in [-0.05, 0) is 61.7 Å². The fourth-order valence-corrected chi connectivity index (χ4v) is 4.65. The molecule has 7 nitrogen and oxygen atoms in total. The molecule has 2 aromatic rings. The predicted octanol–water partition coefficient (Wildman–Crippen LogP) is 3.32. The van der Waals surface area contributed by atoms with Crippen LogP contribution in [0.15, 0.2) is 42.5 Å². The third-order valence-electron chi connectivity index (χ3n) is 5.33. The quantitative estimate of drug-likeness (QED) is 0.674. The number of carbonyl (C=O) groups excluding carboxylic acids is 1. The molecule has 31 heavy (non-hydrogen) atoms. The van der Waals surface area contributed by atoms with Gasteiger partial charge in [-0.2, -0.15) is 0 Å². The summed E-state index contributed by atoms with van der Waals surface area (Å²) in [4.78, 5) is 14.6. The van der Waals surface area contributed by atoms with Crippen LogP contribution >= 0.6 is 0 Å². The Hall–Kier alpha value is -2.58. The van der Waals surface area contributed by atoms with Gasteiger partial charge >= 0.3 is 0 Å². The molecular weight excluding hydrogens is 414 g/mol. The van der Waals surface area contributed by atoms with Gasteiger partial charge in [0.2, 0.25) is 15.9 Å². The Balaban J connectivity index is 1.55. The lowest BCUT2D eigenvalue weighted by molar-refractivity contribution is -0.116. The van der Waals surface area contributed by atoms with Crippen LogP contribution in [0.4, 0.5) is 17.1 Å². The van der Waals surface area contributed by atoms with Crippen molar-refractivity contribution < 1.29 is 17.9 Å². The molecule has 8 heteroatoms. The Bertz CT molecular complexity index is 1000. The second-order valence-electron chi connectivity index (χ2n) is 7.92. The van der Waals surface area contributed by atoms with Crippen LogP contribution in [-0.2, 0) is 19.6 Å². The van der Waals surface area contributed by atoms with Crippen molar-refractivity contribution in [2.45, 2.75) is 26.7 Å². The van der Waals surface area contributed by atoms with Gasteiger partial charge in [0.15, 0.2) is 0 Å². The molecule has 0 unspecified atom stereocenters. The van der Waals surface area contributed by atoms with Crippen LogP contribution in [0.1, 0.15) is 24.0 Å². The van der Waals surface area contributed by atoms with Crippen LogP contribution < -0.4 is 14.5 Å². The highest BCUT2D eigenvalue weighted by Crippen LogP contribution is 2.24. The molecule has 1 saturated heterocycles. The number of hydrogen-bond donors (Lipinski definition) is 1. The zero-order valence-electron chi connectivity index (χ0n) is 18.4. The van der Waals surface area contributed by atoms with Gasteiger partial charge in [-0.25, -0.2) is 8.42 Å². The molecule has 0 saturated carbocycles. The number of sulfonamides is 1. The molecule has 0 radical (unpaired) electrons. The molecule has 1 amide bonds. The smallest absolute Gasteiger partial charge is 0.232 e. The Morgan fingerprint density at radius 3 is 2.42 bits per heavy atom. The van der Waals surface area contributed by atoms with Crippen LogP contribution in [0.25, 0.3) is 0 Å². The maximum Gasteiger partial charge on any atom is 0.232 e.